The number of sulfonamides is 3. The summed E-state index contributed by atoms with van der Waals surface area (Å²) in [6.07, 6.45) is 8.26. The fraction of sp³-hybridized carbons (Fsp3) is 0.509. The van der Waals surface area contributed by atoms with E-state index in [-0.39, 0.29) is 8.42 Å². The fourth-order valence-electron chi connectivity index (χ4n) is 6.12. The highest BCUT2D eigenvalue weighted by atomic mass is 79.9. The SMILES string of the molecule is Brc1nccc(Nc2cc(C3CC3)[nH]n2)n1.CC(C)(O)C(C)(C)O.CC(C)(O)C(C)(C)O.CNS(=O)(=O)c1ccc(-c2nccc(Nc3cc(C4CC4)[nH]n3)n2)s1.CNS(=O)(=O)c1ccc(B2OC(C)(C)C(C)(C)O2)s1.CNS(=O)(=O)c1ccc(Br)s1.[B][B]. The smallest absolute Gasteiger partial charge is 0.399 e. The molecule has 36 heteroatoms. The average molecular weight is 1470 g/mol. The van der Waals surface area contributed by atoms with E-state index in [1.165, 1.54) is 63.9 Å². The summed E-state index contributed by atoms with van der Waals surface area (Å²) in [5, 5.41) is 57.2. The monoisotopic (exact) mass is 1470 g/mol. The highest BCUT2D eigenvalue weighted by Gasteiger charge is 2.52. The van der Waals surface area contributed by atoms with Crippen molar-refractivity contribution in [2.24, 2.45) is 0 Å². The molecule has 3 aliphatic rings. The maximum absolute atomic E-state index is 11.9. The second-order valence-electron chi connectivity index (χ2n) is 23.0. The zero-order chi connectivity index (χ0) is 67.4. The number of anilines is 4. The molecule has 486 valence electrons. The van der Waals surface area contributed by atoms with Gasteiger partial charge >= 0.3 is 7.12 Å². The highest BCUT2D eigenvalue weighted by Crippen LogP contribution is 2.41. The maximum atomic E-state index is 11.9. The van der Waals surface area contributed by atoms with Gasteiger partial charge < -0.3 is 40.4 Å². The van der Waals surface area contributed by atoms with Gasteiger partial charge in [-0.2, -0.15) is 10.2 Å². The fourth-order valence-corrected chi connectivity index (χ4v) is 13.5. The van der Waals surface area contributed by atoms with Crippen molar-refractivity contribution in [2.45, 2.75) is 167 Å². The summed E-state index contributed by atoms with van der Waals surface area (Å²) in [5.41, 5.74) is -2.54. The summed E-state index contributed by atoms with van der Waals surface area (Å²) < 4.78 is 90.8. The molecule has 0 amide bonds. The van der Waals surface area contributed by atoms with E-state index in [9.17, 15) is 25.3 Å². The molecule has 11 N–H and O–H groups in total. The number of nitrogens with zero attached hydrogens (tertiary/aromatic N) is 6. The lowest BCUT2D eigenvalue weighted by atomic mass is 9.81. The van der Waals surface area contributed by atoms with Gasteiger partial charge in [0.25, 0.3) is 0 Å². The topological polar surface area (TPSA) is 371 Å². The lowest BCUT2D eigenvalue weighted by molar-refractivity contribution is -0.107. The summed E-state index contributed by atoms with van der Waals surface area (Å²) >= 11 is 9.88. The van der Waals surface area contributed by atoms with Crippen LogP contribution in [-0.2, 0) is 39.4 Å². The molecule has 4 radical (unpaired) electrons. The molecule has 7 aromatic rings. The number of rotatable bonds is 16. The van der Waals surface area contributed by atoms with Crippen molar-refractivity contribution >= 4 is 147 Å². The molecule has 0 bridgehead atoms. The first-order chi connectivity index (χ1) is 41.0. The van der Waals surface area contributed by atoms with E-state index in [1.807, 2.05) is 39.8 Å². The van der Waals surface area contributed by atoms with Crippen LogP contribution in [0.3, 0.4) is 0 Å². The van der Waals surface area contributed by atoms with E-state index < -0.39 is 70.8 Å². The zero-order valence-electron chi connectivity index (χ0n) is 52.1. The Bertz CT molecular complexity index is 3660. The van der Waals surface area contributed by atoms with Crippen LogP contribution in [0.4, 0.5) is 23.3 Å². The molecule has 2 saturated carbocycles. The maximum Gasteiger partial charge on any atom is 0.505 e. The van der Waals surface area contributed by atoms with Crippen molar-refractivity contribution in [2.75, 3.05) is 31.8 Å². The first-order valence-electron chi connectivity index (χ1n) is 27.3. The number of aliphatic hydroxyl groups is 4. The van der Waals surface area contributed by atoms with Gasteiger partial charge in [-0.25, -0.2) is 59.4 Å². The van der Waals surface area contributed by atoms with E-state index in [1.54, 1.807) is 116 Å². The molecule has 0 aromatic carbocycles. The Morgan fingerprint density at radius 2 is 0.944 bits per heavy atom. The summed E-state index contributed by atoms with van der Waals surface area (Å²) in [6.45, 7) is 20.5. The second-order valence-corrected chi connectivity index (χ2v) is 34.7. The number of hydrogen-bond donors (Lipinski definition) is 11. The largest absolute Gasteiger partial charge is 0.505 e. The van der Waals surface area contributed by atoms with Gasteiger partial charge in [-0.15, -0.1) is 34.0 Å². The summed E-state index contributed by atoms with van der Waals surface area (Å²) in [4.78, 5) is 17.5. The third kappa shape index (κ3) is 23.5. The molecular weight excluding hydrogens is 1400 g/mol. The number of halogens is 2. The van der Waals surface area contributed by atoms with E-state index >= 15 is 0 Å². The Morgan fingerprint density at radius 1 is 0.562 bits per heavy atom. The van der Waals surface area contributed by atoms with Crippen LogP contribution < -0.4 is 29.6 Å². The van der Waals surface area contributed by atoms with Crippen molar-refractivity contribution in [3.63, 3.8) is 0 Å². The van der Waals surface area contributed by atoms with E-state index in [2.05, 4.69) is 112 Å². The molecular formula is C53H78B3Br2N13O12S6. The van der Waals surface area contributed by atoms with Crippen LogP contribution in [0.1, 0.15) is 132 Å². The van der Waals surface area contributed by atoms with Gasteiger partial charge in [-0.05, 0) is 204 Å². The average Bonchev–Trinajstić information content (AvgIpc) is 1.80. The van der Waals surface area contributed by atoms with E-state index in [4.69, 9.17) is 29.7 Å². The third-order valence-corrected chi connectivity index (χ3v) is 24.0. The lowest BCUT2D eigenvalue weighted by Crippen LogP contribution is -2.44. The van der Waals surface area contributed by atoms with Crippen molar-refractivity contribution in [1.29, 1.82) is 0 Å². The molecule has 0 unspecified atom stereocenters. The zero-order valence-corrected chi connectivity index (χ0v) is 60.2. The minimum Gasteiger partial charge on any atom is -0.399 e. The second kappa shape index (κ2) is 31.7. The van der Waals surface area contributed by atoms with Gasteiger partial charge in [0.05, 0.1) is 42.3 Å². The summed E-state index contributed by atoms with van der Waals surface area (Å²) in [6, 6.07) is 17.4. The molecule has 8 heterocycles. The number of hydrogen-bond acceptors (Lipinski definition) is 23. The molecule has 1 saturated heterocycles. The Kier molecular flexibility index (Phi) is 27.6. The summed E-state index contributed by atoms with van der Waals surface area (Å²) in [5.74, 6) is 4.58. The minimum absolute atomic E-state index is 0.230. The van der Waals surface area contributed by atoms with Crippen molar-refractivity contribution < 1.29 is 55.0 Å². The van der Waals surface area contributed by atoms with Crippen LogP contribution in [0.5, 0.6) is 0 Å². The molecule has 0 spiro atoms. The first-order valence-corrected chi connectivity index (χ1v) is 35.8. The van der Waals surface area contributed by atoms with Crippen LogP contribution in [0.15, 0.2) is 94.2 Å². The summed E-state index contributed by atoms with van der Waals surface area (Å²) in [7, 11) is 1.54. The molecule has 7 aromatic heterocycles. The van der Waals surface area contributed by atoms with Crippen molar-refractivity contribution in [1.82, 2.24) is 54.5 Å². The van der Waals surface area contributed by atoms with E-state index in [0.717, 1.165) is 48.6 Å². The quantitative estimate of drug-likeness (QED) is 0.0326. The molecule has 3 fully saturated rings. The Balaban J connectivity index is 0.000000238. The molecule has 1 aliphatic heterocycles. The molecule has 0 atom stereocenters. The number of aromatic amines is 2. The van der Waals surface area contributed by atoms with Gasteiger partial charge in [-0.3, -0.25) is 10.2 Å². The van der Waals surface area contributed by atoms with Crippen LogP contribution in [0.25, 0.3) is 10.7 Å². The van der Waals surface area contributed by atoms with Gasteiger partial charge in [0.1, 0.15) is 24.3 Å². The van der Waals surface area contributed by atoms with Gasteiger partial charge in [0, 0.05) is 68.0 Å². The van der Waals surface area contributed by atoms with Crippen LogP contribution >= 0.6 is 65.9 Å². The molecule has 10 rings (SSSR count). The highest BCUT2D eigenvalue weighted by molar-refractivity contribution is 9.11. The molecule has 25 nitrogen and oxygen atoms in total. The van der Waals surface area contributed by atoms with Gasteiger partial charge in [0.15, 0.2) is 22.2 Å². The van der Waals surface area contributed by atoms with Crippen LogP contribution in [0.2, 0.25) is 0 Å². The van der Waals surface area contributed by atoms with E-state index in [0.29, 0.717) is 43.1 Å². The number of nitrogens with one attached hydrogen (secondary N) is 7. The van der Waals surface area contributed by atoms with Crippen LogP contribution in [0, 0.1) is 0 Å². The van der Waals surface area contributed by atoms with Gasteiger partial charge in [-0.1, -0.05) is 6.07 Å². The van der Waals surface area contributed by atoms with Crippen LogP contribution in [-0.4, -0.2) is 163 Å². The first kappa shape index (κ1) is 77.4. The lowest BCUT2D eigenvalue weighted by Gasteiger charge is -2.32. The third-order valence-electron chi connectivity index (χ3n) is 14.1. The number of H-pyrrole nitrogens is 2. The minimum atomic E-state index is -3.46. The molecule has 2 aliphatic carbocycles. The van der Waals surface area contributed by atoms with Gasteiger partial charge in [0.2, 0.25) is 30.1 Å². The number of thiophene rings is 3. The normalized spacial score (nSPS) is 15.5. The standard InChI is InChI=1S/C15H16N6O2S2.C11H18BNO4S2.C10H10BrN5.2C6H14O2.C5H6BrNO2S2.B2/c1-16-25(22,23)14-5-4-11(24-14)15-17-7-6-12(19-15)18-13-8-10(20-21-13)9-2-3-9;1-10(2)11(3,4)17-12(16-10)8-6-7-9(18-8)19(14,15)13-5;11-10-12-4-3-8(14-10)13-9-5-7(15-16-9)6-1-2-6;2*1-5(2,7)6(3,4)8;1-7-11(8,9)5-3-2-4(6)10-5;1-2/h4-9,16H,2-3H2,1H3,(H2,17,18,19,20,21);6-7,13H,1-5H3;3-6H,1-2H2,(H2,12,13,14,15,16);2*7-8H,1-4H3;2-3,7H,1H3;. The molecule has 89 heavy (non-hydrogen) atoms. The Morgan fingerprint density at radius 3 is 1.33 bits per heavy atom. The Labute approximate surface area is 554 Å². The number of aromatic nitrogens is 8. The predicted octanol–water partition coefficient (Wildman–Crippen LogP) is 7.71. The van der Waals surface area contributed by atoms with Crippen molar-refractivity contribution in [3.05, 3.63) is 93.0 Å². The van der Waals surface area contributed by atoms with Crippen molar-refractivity contribution in [3.8, 4) is 10.7 Å². The Hall–Kier alpha value is -4.08. The predicted molar refractivity (Wildman–Crippen MR) is 360 cm³/mol.